The van der Waals surface area contributed by atoms with E-state index < -0.39 is 0 Å². The Morgan fingerprint density at radius 3 is 0.882 bits per heavy atom. The van der Waals surface area contributed by atoms with E-state index in [1.807, 2.05) is 0 Å². The topological polar surface area (TPSA) is 3.24 Å². The summed E-state index contributed by atoms with van der Waals surface area (Å²) in [6, 6.07) is 44.2. The number of hydrogen-bond donors (Lipinski definition) is 0. The summed E-state index contributed by atoms with van der Waals surface area (Å²) in [4.78, 5) is 2.63. The number of hydrogen-bond acceptors (Lipinski definition) is 1. The smallest absolute Gasteiger partial charge is 0.0190 e. The van der Waals surface area contributed by atoms with E-state index in [-0.39, 0.29) is 15.8 Å². The second kappa shape index (κ2) is 13.6. The van der Waals surface area contributed by atoms with Crippen molar-refractivity contribution >= 4 is 15.8 Å². The third-order valence-electron chi connectivity index (χ3n) is 5.88. The van der Waals surface area contributed by atoms with Gasteiger partial charge >= 0.3 is 0 Å². The third kappa shape index (κ3) is 8.48. The van der Waals surface area contributed by atoms with Gasteiger partial charge in [0.05, 0.1) is 0 Å². The fourth-order valence-electron chi connectivity index (χ4n) is 4.41. The highest BCUT2D eigenvalue weighted by Gasteiger charge is 2.17. The van der Waals surface area contributed by atoms with Crippen LogP contribution in [0.4, 0.5) is 0 Å². The summed E-state index contributed by atoms with van der Waals surface area (Å²) < 4.78 is 0. The molecule has 3 heteroatoms. The first-order valence-corrected chi connectivity index (χ1v) is 15.8. The molecule has 0 amide bonds. The molecule has 4 rings (SSSR count). The highest BCUT2D eigenvalue weighted by Crippen LogP contribution is 2.48. The minimum Gasteiger partial charge on any atom is -0.298 e. The van der Waals surface area contributed by atoms with E-state index in [4.69, 9.17) is 0 Å². The molecule has 0 bridgehead atoms. The Morgan fingerprint density at radius 2 is 0.647 bits per heavy atom. The van der Waals surface area contributed by atoms with Gasteiger partial charge in [0.2, 0.25) is 0 Å². The summed E-state index contributed by atoms with van der Waals surface area (Å²) in [5.74, 6) is 0. The maximum Gasteiger partial charge on any atom is 0.0190 e. The lowest BCUT2D eigenvalue weighted by molar-refractivity contribution is 0.456. The molecule has 0 saturated carbocycles. The average Bonchev–Trinajstić information content (AvgIpc) is 2.86. The van der Waals surface area contributed by atoms with Crippen molar-refractivity contribution in [1.29, 1.82) is 0 Å². The molecule has 0 aliphatic heterocycles. The molecule has 4 aromatic carbocycles. The van der Waals surface area contributed by atoms with Gasteiger partial charge in [-0.2, -0.15) is 0 Å². The molecule has 174 valence electrons. The van der Waals surface area contributed by atoms with Gasteiger partial charge < -0.3 is 0 Å². The molecule has 34 heavy (non-hydrogen) atoms. The van der Waals surface area contributed by atoms with Gasteiger partial charge in [-0.05, 0) is 53.9 Å². The van der Waals surface area contributed by atoms with E-state index in [0.29, 0.717) is 0 Å². The first-order chi connectivity index (χ1) is 16.7. The molecule has 0 unspecified atom stereocenters. The van der Waals surface area contributed by atoms with Crippen LogP contribution in [0.1, 0.15) is 22.3 Å². The first kappa shape index (κ1) is 24.8. The molecule has 0 N–H and O–H groups in total. The van der Waals surface area contributed by atoms with Crippen LogP contribution in [0.2, 0.25) is 0 Å². The second-order valence-electron chi connectivity index (χ2n) is 9.06. The second-order valence-corrected chi connectivity index (χ2v) is 13.6. The van der Waals surface area contributed by atoms with Crippen molar-refractivity contribution < 1.29 is 0 Å². The van der Waals surface area contributed by atoms with E-state index in [0.717, 1.165) is 0 Å². The zero-order valence-electron chi connectivity index (χ0n) is 20.1. The van der Waals surface area contributed by atoms with E-state index >= 15 is 0 Å². The van der Waals surface area contributed by atoms with Crippen molar-refractivity contribution in [3.05, 3.63) is 144 Å². The van der Waals surface area contributed by atoms with E-state index in [1.54, 1.807) is 0 Å². The maximum atomic E-state index is 2.63. The lowest BCUT2D eigenvalue weighted by atomic mass is 10.2. The van der Waals surface area contributed by atoms with Crippen molar-refractivity contribution in [3.63, 3.8) is 0 Å². The molecular weight excluding hydrogens is 448 g/mol. The van der Waals surface area contributed by atoms with Crippen LogP contribution < -0.4 is 0 Å². The zero-order chi connectivity index (χ0) is 23.4. The fraction of sp³-hybridized carbons (Fsp3) is 0.226. The van der Waals surface area contributed by atoms with Crippen LogP contribution in [0.15, 0.2) is 121 Å². The Balaban J connectivity index is 1.45. The predicted octanol–water partition coefficient (Wildman–Crippen LogP) is 8.60. The highest BCUT2D eigenvalue weighted by molar-refractivity contribution is 7.57. The normalized spacial score (nSPS) is 11.4. The van der Waals surface area contributed by atoms with Gasteiger partial charge in [-0.3, -0.25) is 4.90 Å². The van der Waals surface area contributed by atoms with Crippen molar-refractivity contribution in [2.45, 2.75) is 24.6 Å². The SMILES string of the molecule is CN(CP(Cc1ccccc1)Cc1ccccc1)CP(Cc1ccccc1)Cc1ccccc1. The molecule has 4 aromatic rings. The van der Waals surface area contributed by atoms with Crippen LogP contribution >= 0.6 is 15.8 Å². The molecule has 0 radical (unpaired) electrons. The molecule has 0 aliphatic rings. The highest BCUT2D eigenvalue weighted by atomic mass is 31.1. The Bertz CT molecular complexity index is 899. The molecule has 0 aliphatic carbocycles. The first-order valence-electron chi connectivity index (χ1n) is 12.0. The molecule has 0 atom stereocenters. The number of benzene rings is 4. The Hall–Kier alpha value is -2.30. The summed E-state index contributed by atoms with van der Waals surface area (Å²) in [5, 5.41) is 0. The Labute approximate surface area is 208 Å². The van der Waals surface area contributed by atoms with Crippen LogP contribution in [-0.2, 0) is 24.6 Å². The van der Waals surface area contributed by atoms with Crippen molar-refractivity contribution in [1.82, 2.24) is 4.90 Å². The number of rotatable bonds is 12. The van der Waals surface area contributed by atoms with Crippen LogP contribution in [0.5, 0.6) is 0 Å². The van der Waals surface area contributed by atoms with Crippen molar-refractivity contribution in [2.24, 2.45) is 0 Å². The minimum absolute atomic E-state index is 0.165. The summed E-state index contributed by atoms with van der Waals surface area (Å²) in [7, 11) is 2.01. The minimum atomic E-state index is -0.165. The summed E-state index contributed by atoms with van der Waals surface area (Å²) in [5.41, 5.74) is 5.87. The van der Waals surface area contributed by atoms with E-state index in [9.17, 15) is 0 Å². The van der Waals surface area contributed by atoms with Gasteiger partial charge in [0.15, 0.2) is 0 Å². The standard InChI is InChI=1S/C31H35NP2/c1-32(26-33(22-28-14-6-2-7-15-28)23-29-16-8-3-9-17-29)27-34(24-30-18-10-4-11-19-30)25-31-20-12-5-13-21-31/h2-21H,22-27H2,1H3. The fourth-order valence-corrected chi connectivity index (χ4v) is 9.66. The van der Waals surface area contributed by atoms with Gasteiger partial charge in [0.25, 0.3) is 0 Å². The largest absolute Gasteiger partial charge is 0.298 e. The van der Waals surface area contributed by atoms with Gasteiger partial charge in [-0.1, -0.05) is 137 Å². The van der Waals surface area contributed by atoms with Crippen molar-refractivity contribution in [3.8, 4) is 0 Å². The summed E-state index contributed by atoms with van der Waals surface area (Å²) >= 11 is 0. The van der Waals surface area contributed by atoms with Crippen LogP contribution in [0, 0.1) is 0 Å². The van der Waals surface area contributed by atoms with Gasteiger partial charge in [-0.25, -0.2) is 0 Å². The predicted molar refractivity (Wildman–Crippen MR) is 152 cm³/mol. The summed E-state index contributed by atoms with van der Waals surface area (Å²) in [6.45, 7) is 0. The molecule has 0 spiro atoms. The van der Waals surface area contributed by atoms with E-state index in [1.165, 1.54) is 59.5 Å². The molecule has 0 aromatic heterocycles. The number of nitrogens with zero attached hydrogens (tertiary/aromatic N) is 1. The van der Waals surface area contributed by atoms with Crippen LogP contribution in [0.25, 0.3) is 0 Å². The zero-order valence-corrected chi connectivity index (χ0v) is 21.9. The molecule has 0 fully saturated rings. The van der Waals surface area contributed by atoms with Gasteiger partial charge in [0.1, 0.15) is 0 Å². The summed E-state index contributed by atoms with van der Waals surface area (Å²) in [6.07, 6.45) is 7.11. The quantitative estimate of drug-likeness (QED) is 0.182. The third-order valence-corrected chi connectivity index (χ3v) is 10.9. The molecule has 0 saturated heterocycles. The molecule has 0 heterocycles. The van der Waals surface area contributed by atoms with Crippen molar-refractivity contribution in [2.75, 3.05) is 19.6 Å². The lowest BCUT2D eigenvalue weighted by Crippen LogP contribution is -2.20. The van der Waals surface area contributed by atoms with Crippen LogP contribution in [-0.4, -0.2) is 24.5 Å². The maximum absolute atomic E-state index is 2.63. The Morgan fingerprint density at radius 1 is 0.412 bits per heavy atom. The Kier molecular flexibility index (Phi) is 9.89. The van der Waals surface area contributed by atoms with Gasteiger partial charge in [-0.15, -0.1) is 0 Å². The average molecular weight is 484 g/mol. The van der Waals surface area contributed by atoms with Gasteiger partial charge in [0, 0.05) is 12.6 Å². The molecule has 1 nitrogen and oxygen atoms in total. The van der Waals surface area contributed by atoms with Crippen LogP contribution in [0.3, 0.4) is 0 Å². The monoisotopic (exact) mass is 483 g/mol. The van der Waals surface area contributed by atoms with E-state index in [2.05, 4.69) is 133 Å². The lowest BCUT2D eigenvalue weighted by Gasteiger charge is -2.29. The molecular formula is C31H35NP2.